The van der Waals surface area contributed by atoms with Gasteiger partial charge in [0.15, 0.2) is 5.78 Å². The van der Waals surface area contributed by atoms with Crippen molar-refractivity contribution in [2.75, 3.05) is 12.0 Å². The monoisotopic (exact) mass is 283 g/mol. The number of thiophene rings is 1. The van der Waals surface area contributed by atoms with Crippen molar-refractivity contribution in [1.29, 1.82) is 0 Å². The third kappa shape index (κ3) is 3.36. The zero-order valence-corrected chi connectivity index (χ0v) is 11.6. The third-order valence-electron chi connectivity index (χ3n) is 2.54. The van der Waals surface area contributed by atoms with Gasteiger partial charge in [0.25, 0.3) is 0 Å². The summed E-state index contributed by atoms with van der Waals surface area (Å²) < 4.78 is 22.9. The van der Waals surface area contributed by atoms with Crippen molar-refractivity contribution < 1.29 is 13.2 Å². The zero-order chi connectivity index (χ0) is 13.2. The van der Waals surface area contributed by atoms with Crippen molar-refractivity contribution in [3.63, 3.8) is 0 Å². The summed E-state index contributed by atoms with van der Waals surface area (Å²) in [7, 11) is -2.99. The Morgan fingerprint density at radius 3 is 2.94 bits per heavy atom. The second-order valence-corrected chi connectivity index (χ2v) is 7.39. The average molecular weight is 283 g/mol. The molecular weight excluding hydrogens is 270 g/mol. The molecule has 18 heavy (non-hydrogen) atoms. The topological polar surface area (TPSA) is 64.1 Å². The molecular formula is C12H13NO3S2. The first-order chi connectivity index (χ1) is 8.46. The van der Waals surface area contributed by atoms with Crippen LogP contribution in [0, 0.1) is 0 Å². The summed E-state index contributed by atoms with van der Waals surface area (Å²) in [5, 5.41) is 1.93. The number of carbonyl (C=O) groups excluding carboxylic acids is 1. The van der Waals surface area contributed by atoms with Crippen LogP contribution in [0.25, 0.3) is 10.2 Å². The SMILES string of the molecule is CS(=O)(=O)CCCC(=O)c1cnc2ccsc2c1. The van der Waals surface area contributed by atoms with Crippen molar-refractivity contribution >= 4 is 37.2 Å². The van der Waals surface area contributed by atoms with Crippen LogP contribution in [0.2, 0.25) is 0 Å². The predicted octanol–water partition coefficient (Wildman–Crippen LogP) is 2.30. The Morgan fingerprint density at radius 1 is 1.44 bits per heavy atom. The van der Waals surface area contributed by atoms with Gasteiger partial charge < -0.3 is 0 Å². The van der Waals surface area contributed by atoms with Crippen LogP contribution < -0.4 is 0 Å². The van der Waals surface area contributed by atoms with Crippen LogP contribution >= 0.6 is 11.3 Å². The number of rotatable bonds is 5. The molecule has 0 N–H and O–H groups in total. The van der Waals surface area contributed by atoms with Gasteiger partial charge in [-0.05, 0) is 23.9 Å². The number of ketones is 1. The first-order valence-corrected chi connectivity index (χ1v) is 8.44. The fraction of sp³-hybridized carbons (Fsp3) is 0.333. The molecule has 0 saturated carbocycles. The van der Waals surface area contributed by atoms with E-state index in [0.717, 1.165) is 10.2 Å². The fourth-order valence-electron chi connectivity index (χ4n) is 1.64. The normalized spacial score (nSPS) is 11.8. The van der Waals surface area contributed by atoms with Crippen molar-refractivity contribution in [3.8, 4) is 0 Å². The maximum Gasteiger partial charge on any atom is 0.164 e. The van der Waals surface area contributed by atoms with Gasteiger partial charge in [0.2, 0.25) is 0 Å². The minimum atomic E-state index is -2.99. The lowest BCUT2D eigenvalue weighted by atomic mass is 10.1. The first kappa shape index (κ1) is 13.2. The average Bonchev–Trinajstić information content (AvgIpc) is 2.73. The Morgan fingerprint density at radius 2 is 2.22 bits per heavy atom. The molecule has 96 valence electrons. The smallest absolute Gasteiger partial charge is 0.164 e. The van der Waals surface area contributed by atoms with E-state index in [0.29, 0.717) is 12.0 Å². The summed E-state index contributed by atoms with van der Waals surface area (Å²) in [4.78, 5) is 16.1. The Labute approximate surface area is 110 Å². The second-order valence-electron chi connectivity index (χ2n) is 4.18. The number of carbonyl (C=O) groups is 1. The van der Waals surface area contributed by atoms with Crippen LogP contribution in [-0.4, -0.2) is 31.2 Å². The van der Waals surface area contributed by atoms with E-state index in [2.05, 4.69) is 4.98 Å². The molecule has 0 spiro atoms. The minimum absolute atomic E-state index is 0.0490. The summed E-state index contributed by atoms with van der Waals surface area (Å²) in [6, 6.07) is 3.72. The maximum atomic E-state index is 11.9. The number of hydrogen-bond donors (Lipinski definition) is 0. The molecule has 0 radical (unpaired) electrons. The van der Waals surface area contributed by atoms with Gasteiger partial charge in [0, 0.05) is 24.4 Å². The van der Waals surface area contributed by atoms with E-state index < -0.39 is 9.84 Å². The van der Waals surface area contributed by atoms with Crippen molar-refractivity contribution in [2.24, 2.45) is 0 Å². The van der Waals surface area contributed by atoms with Crippen LogP contribution in [0.15, 0.2) is 23.7 Å². The highest BCUT2D eigenvalue weighted by Gasteiger charge is 2.10. The largest absolute Gasteiger partial charge is 0.294 e. The van der Waals surface area contributed by atoms with E-state index >= 15 is 0 Å². The number of pyridine rings is 1. The maximum absolute atomic E-state index is 11.9. The quantitative estimate of drug-likeness (QED) is 0.790. The van der Waals surface area contributed by atoms with Crippen LogP contribution in [0.1, 0.15) is 23.2 Å². The highest BCUT2D eigenvalue weighted by Crippen LogP contribution is 2.20. The van der Waals surface area contributed by atoms with Crippen molar-refractivity contribution in [2.45, 2.75) is 12.8 Å². The number of hydrogen-bond acceptors (Lipinski definition) is 5. The summed E-state index contributed by atoms with van der Waals surface area (Å²) >= 11 is 1.54. The Kier molecular flexibility index (Phi) is 3.77. The first-order valence-electron chi connectivity index (χ1n) is 5.50. The molecule has 0 unspecified atom stereocenters. The van der Waals surface area contributed by atoms with E-state index in [9.17, 15) is 13.2 Å². The van der Waals surface area contributed by atoms with E-state index in [1.165, 1.54) is 17.6 Å². The van der Waals surface area contributed by atoms with E-state index in [1.54, 1.807) is 6.20 Å². The molecule has 0 atom stereocenters. The molecule has 0 bridgehead atoms. The van der Waals surface area contributed by atoms with Gasteiger partial charge in [0.1, 0.15) is 9.84 Å². The Hall–Kier alpha value is -1.27. The lowest BCUT2D eigenvalue weighted by molar-refractivity contribution is 0.0982. The van der Waals surface area contributed by atoms with Crippen molar-refractivity contribution in [3.05, 3.63) is 29.3 Å². The molecule has 2 aromatic heterocycles. The van der Waals surface area contributed by atoms with Gasteiger partial charge in [0.05, 0.1) is 16.0 Å². The lowest BCUT2D eigenvalue weighted by Crippen LogP contribution is -2.06. The van der Waals surface area contributed by atoms with Gasteiger partial charge in [-0.1, -0.05) is 0 Å². The van der Waals surface area contributed by atoms with Gasteiger partial charge in [-0.3, -0.25) is 9.78 Å². The van der Waals surface area contributed by atoms with Gasteiger partial charge in [-0.15, -0.1) is 11.3 Å². The van der Waals surface area contributed by atoms with Gasteiger partial charge >= 0.3 is 0 Å². The summed E-state index contributed by atoms with van der Waals surface area (Å²) in [5.41, 5.74) is 1.44. The molecule has 2 rings (SSSR count). The molecule has 0 aliphatic heterocycles. The molecule has 0 aromatic carbocycles. The van der Waals surface area contributed by atoms with E-state index in [1.807, 2.05) is 17.5 Å². The van der Waals surface area contributed by atoms with Crippen LogP contribution in [0.3, 0.4) is 0 Å². The predicted molar refractivity (Wildman–Crippen MR) is 72.9 cm³/mol. The Bertz CT molecular complexity index is 673. The molecule has 0 fully saturated rings. The Balaban J connectivity index is 2.04. The molecule has 0 saturated heterocycles. The van der Waals surface area contributed by atoms with Crippen LogP contribution in [0.4, 0.5) is 0 Å². The van der Waals surface area contributed by atoms with E-state index in [-0.39, 0.29) is 18.0 Å². The summed E-state index contributed by atoms with van der Waals surface area (Å²) in [6.07, 6.45) is 3.33. The standard InChI is InChI=1S/C12H13NO3S2/c1-18(15,16)6-2-3-11(14)9-7-12-10(13-8-9)4-5-17-12/h4-5,7-8H,2-3,6H2,1H3. The van der Waals surface area contributed by atoms with Gasteiger partial charge in [-0.25, -0.2) is 8.42 Å². The third-order valence-corrected chi connectivity index (χ3v) is 4.43. The second kappa shape index (κ2) is 5.16. The number of Topliss-reactive ketones (excluding diaryl/α,β-unsaturated/α-hetero) is 1. The van der Waals surface area contributed by atoms with Crippen LogP contribution in [0.5, 0.6) is 0 Å². The number of fused-ring (bicyclic) bond motifs is 1. The molecule has 2 aromatic rings. The highest BCUT2D eigenvalue weighted by molar-refractivity contribution is 7.90. The molecule has 2 heterocycles. The molecule has 4 nitrogen and oxygen atoms in total. The van der Waals surface area contributed by atoms with Crippen LogP contribution in [-0.2, 0) is 9.84 Å². The fourth-order valence-corrected chi connectivity index (χ4v) is 3.09. The lowest BCUT2D eigenvalue weighted by Gasteiger charge is -2.00. The minimum Gasteiger partial charge on any atom is -0.294 e. The number of sulfone groups is 1. The molecule has 0 amide bonds. The number of aromatic nitrogens is 1. The summed E-state index contributed by atoms with van der Waals surface area (Å²) in [5.74, 6) is -0.00519. The molecule has 6 heteroatoms. The molecule has 0 aliphatic carbocycles. The van der Waals surface area contributed by atoms with E-state index in [4.69, 9.17) is 0 Å². The van der Waals surface area contributed by atoms with Crippen molar-refractivity contribution in [1.82, 2.24) is 4.98 Å². The summed E-state index contributed by atoms with van der Waals surface area (Å²) in [6.45, 7) is 0. The zero-order valence-electron chi connectivity index (χ0n) is 9.92. The molecule has 0 aliphatic rings. The van der Waals surface area contributed by atoms with Gasteiger partial charge in [-0.2, -0.15) is 0 Å². The number of nitrogens with zero attached hydrogens (tertiary/aromatic N) is 1. The highest BCUT2D eigenvalue weighted by atomic mass is 32.2.